The van der Waals surface area contributed by atoms with E-state index in [-0.39, 0.29) is 6.61 Å². The number of aliphatic carboxylic acids is 1. The highest BCUT2D eigenvalue weighted by atomic mass is 16.5. The molecule has 1 aliphatic carbocycles. The molecule has 4 nitrogen and oxygen atoms in total. The van der Waals surface area contributed by atoms with E-state index in [9.17, 15) is 4.79 Å². The zero-order valence-corrected chi connectivity index (χ0v) is 20.2. The minimum atomic E-state index is -0.971. The van der Waals surface area contributed by atoms with Crippen molar-refractivity contribution in [1.82, 2.24) is 0 Å². The van der Waals surface area contributed by atoms with E-state index in [4.69, 9.17) is 14.6 Å². The van der Waals surface area contributed by atoms with Gasteiger partial charge in [0.25, 0.3) is 0 Å². The summed E-state index contributed by atoms with van der Waals surface area (Å²) < 4.78 is 11.5. The number of rotatable bonds is 9. The Morgan fingerprint density at radius 2 is 1.53 bits per heavy atom. The second-order valence-corrected chi connectivity index (χ2v) is 9.34. The highest BCUT2D eigenvalue weighted by Crippen LogP contribution is 2.33. The van der Waals surface area contributed by atoms with Gasteiger partial charge in [-0.05, 0) is 110 Å². The number of ether oxygens (including phenoxy) is 2. The van der Waals surface area contributed by atoms with Crippen molar-refractivity contribution in [2.45, 2.75) is 64.9 Å². The summed E-state index contributed by atoms with van der Waals surface area (Å²) in [6.45, 7) is 4.03. The molecule has 3 aromatic rings. The molecule has 0 spiro atoms. The standard InChI is InChI=1S/C30H34O4/c1-21-17-28(34-27-9-4-3-5-10-27)18-22(2)30(21)25-8-6-7-24(19-25)12-11-23-13-15-26(16-14-23)33-20-29(31)32/h6-8,13-19,27H,3-5,9-12,20H2,1-2H3,(H,31,32). The Morgan fingerprint density at radius 3 is 2.21 bits per heavy atom. The van der Waals surface area contributed by atoms with Crippen molar-refractivity contribution in [3.05, 3.63) is 82.9 Å². The maximum absolute atomic E-state index is 10.6. The molecule has 4 heteroatoms. The van der Waals surface area contributed by atoms with E-state index in [0.29, 0.717) is 11.9 Å². The zero-order chi connectivity index (χ0) is 23.9. The molecule has 34 heavy (non-hydrogen) atoms. The first-order valence-electron chi connectivity index (χ1n) is 12.3. The molecule has 178 valence electrons. The fraction of sp³-hybridized carbons (Fsp3) is 0.367. The van der Waals surface area contributed by atoms with Crippen molar-refractivity contribution in [1.29, 1.82) is 0 Å². The molecular weight excluding hydrogens is 424 g/mol. The third-order valence-corrected chi connectivity index (χ3v) is 6.56. The van der Waals surface area contributed by atoms with Crippen molar-refractivity contribution in [2.75, 3.05) is 6.61 Å². The van der Waals surface area contributed by atoms with Gasteiger partial charge in [-0.2, -0.15) is 0 Å². The Morgan fingerprint density at radius 1 is 0.853 bits per heavy atom. The van der Waals surface area contributed by atoms with Crippen LogP contribution in [0.3, 0.4) is 0 Å². The van der Waals surface area contributed by atoms with Gasteiger partial charge in [0.15, 0.2) is 6.61 Å². The van der Waals surface area contributed by atoms with Crippen molar-refractivity contribution in [3.8, 4) is 22.6 Å². The van der Waals surface area contributed by atoms with Gasteiger partial charge in [0.2, 0.25) is 0 Å². The summed E-state index contributed by atoms with van der Waals surface area (Å²) in [5, 5.41) is 8.73. The zero-order valence-electron chi connectivity index (χ0n) is 20.2. The lowest BCUT2D eigenvalue weighted by atomic mass is 9.93. The lowest BCUT2D eigenvalue weighted by Crippen LogP contribution is -2.19. The van der Waals surface area contributed by atoms with Crippen LogP contribution in [0.1, 0.15) is 54.4 Å². The van der Waals surface area contributed by atoms with E-state index in [1.54, 1.807) is 0 Å². The van der Waals surface area contributed by atoms with E-state index < -0.39 is 5.97 Å². The van der Waals surface area contributed by atoms with Crippen LogP contribution in [0.25, 0.3) is 11.1 Å². The first-order valence-corrected chi connectivity index (χ1v) is 12.3. The molecule has 1 fully saturated rings. The summed E-state index contributed by atoms with van der Waals surface area (Å²) in [6, 6.07) is 20.8. The van der Waals surface area contributed by atoms with Crippen molar-refractivity contribution < 1.29 is 19.4 Å². The smallest absolute Gasteiger partial charge is 0.341 e. The van der Waals surface area contributed by atoms with Crippen molar-refractivity contribution in [2.24, 2.45) is 0 Å². The SMILES string of the molecule is Cc1cc(OC2CCCCC2)cc(C)c1-c1cccc(CCc2ccc(OCC(=O)O)cc2)c1. The van der Waals surface area contributed by atoms with Gasteiger partial charge >= 0.3 is 5.97 Å². The molecule has 1 N–H and O–H groups in total. The summed E-state index contributed by atoms with van der Waals surface area (Å²) in [7, 11) is 0. The third kappa shape index (κ3) is 6.40. The van der Waals surface area contributed by atoms with Crippen molar-refractivity contribution >= 4 is 5.97 Å². The van der Waals surface area contributed by atoms with Crippen LogP contribution < -0.4 is 9.47 Å². The normalized spacial score (nSPS) is 14.1. The van der Waals surface area contributed by atoms with Crippen LogP contribution in [0.15, 0.2) is 60.7 Å². The van der Waals surface area contributed by atoms with Gasteiger partial charge in [-0.3, -0.25) is 0 Å². The Kier molecular flexibility index (Phi) is 7.89. The first-order chi connectivity index (χ1) is 16.5. The molecule has 0 amide bonds. The summed E-state index contributed by atoms with van der Waals surface area (Å²) in [6.07, 6.45) is 8.42. The Labute approximate surface area is 202 Å². The molecule has 0 bridgehead atoms. The van der Waals surface area contributed by atoms with Crippen LogP contribution in [-0.4, -0.2) is 23.8 Å². The molecule has 0 saturated heterocycles. The van der Waals surface area contributed by atoms with Crippen LogP contribution in [0.2, 0.25) is 0 Å². The highest BCUT2D eigenvalue weighted by molar-refractivity contribution is 5.72. The van der Waals surface area contributed by atoms with Gasteiger partial charge in [0.05, 0.1) is 6.10 Å². The molecule has 0 aromatic heterocycles. The first kappa shape index (κ1) is 23.9. The number of hydrogen-bond acceptors (Lipinski definition) is 3. The van der Waals surface area contributed by atoms with Crippen LogP contribution in [0.4, 0.5) is 0 Å². The Bertz CT molecular complexity index is 1090. The number of benzene rings is 3. The van der Waals surface area contributed by atoms with Gasteiger partial charge in [-0.15, -0.1) is 0 Å². The van der Waals surface area contributed by atoms with Gasteiger partial charge < -0.3 is 14.6 Å². The lowest BCUT2D eigenvalue weighted by molar-refractivity contribution is -0.139. The largest absolute Gasteiger partial charge is 0.490 e. The average molecular weight is 459 g/mol. The minimum Gasteiger partial charge on any atom is -0.490 e. The molecular formula is C30H34O4. The van der Waals surface area contributed by atoms with Gasteiger partial charge in [-0.25, -0.2) is 4.79 Å². The molecule has 0 aliphatic heterocycles. The van der Waals surface area contributed by atoms with E-state index in [2.05, 4.69) is 50.2 Å². The molecule has 0 atom stereocenters. The molecule has 1 aliphatic rings. The second kappa shape index (κ2) is 11.2. The molecule has 0 radical (unpaired) electrons. The Hall–Kier alpha value is -3.27. The molecule has 0 unspecified atom stereocenters. The fourth-order valence-electron chi connectivity index (χ4n) is 4.89. The van der Waals surface area contributed by atoms with Crippen LogP contribution in [-0.2, 0) is 17.6 Å². The van der Waals surface area contributed by atoms with E-state index in [1.165, 1.54) is 65.5 Å². The monoisotopic (exact) mass is 458 g/mol. The van der Waals surface area contributed by atoms with Crippen LogP contribution >= 0.6 is 0 Å². The van der Waals surface area contributed by atoms with E-state index in [0.717, 1.165) is 18.6 Å². The number of carboxylic acids is 1. The summed E-state index contributed by atoms with van der Waals surface area (Å²) >= 11 is 0. The predicted octanol–water partition coefficient (Wildman–Crippen LogP) is 6.93. The molecule has 0 heterocycles. The predicted molar refractivity (Wildman–Crippen MR) is 136 cm³/mol. The highest BCUT2D eigenvalue weighted by Gasteiger charge is 2.16. The molecule has 1 saturated carbocycles. The maximum atomic E-state index is 10.6. The number of carboxylic acid groups (broad SMARTS) is 1. The van der Waals surface area contributed by atoms with Gasteiger partial charge in [0, 0.05) is 0 Å². The summed E-state index contributed by atoms with van der Waals surface area (Å²) in [5.41, 5.74) is 7.53. The lowest BCUT2D eigenvalue weighted by Gasteiger charge is -2.24. The van der Waals surface area contributed by atoms with Crippen LogP contribution in [0, 0.1) is 13.8 Å². The van der Waals surface area contributed by atoms with Gasteiger partial charge in [0.1, 0.15) is 11.5 Å². The average Bonchev–Trinajstić information content (AvgIpc) is 2.82. The second-order valence-electron chi connectivity index (χ2n) is 9.34. The molecule has 4 rings (SSSR count). The summed E-state index contributed by atoms with van der Waals surface area (Å²) in [4.78, 5) is 10.6. The number of hydrogen-bond donors (Lipinski definition) is 1. The number of aryl methyl sites for hydroxylation is 4. The van der Waals surface area contributed by atoms with Gasteiger partial charge in [-0.1, -0.05) is 42.8 Å². The summed E-state index contributed by atoms with van der Waals surface area (Å²) in [5.74, 6) is 0.605. The van der Waals surface area contributed by atoms with Crippen molar-refractivity contribution in [3.63, 3.8) is 0 Å². The van der Waals surface area contributed by atoms with E-state index in [1.807, 2.05) is 24.3 Å². The fourth-order valence-corrected chi connectivity index (χ4v) is 4.89. The quantitative estimate of drug-likeness (QED) is 0.378. The third-order valence-electron chi connectivity index (χ3n) is 6.56. The number of carbonyl (C=O) groups is 1. The van der Waals surface area contributed by atoms with E-state index >= 15 is 0 Å². The minimum absolute atomic E-state index is 0.321. The van der Waals surface area contributed by atoms with Crippen LogP contribution in [0.5, 0.6) is 11.5 Å². The molecule has 3 aromatic carbocycles. The maximum Gasteiger partial charge on any atom is 0.341 e. The topological polar surface area (TPSA) is 55.8 Å². The Balaban J connectivity index is 1.42.